The van der Waals surface area contributed by atoms with E-state index in [-0.39, 0.29) is 4.90 Å². The van der Waals surface area contributed by atoms with Crippen molar-refractivity contribution in [3.63, 3.8) is 0 Å². The van der Waals surface area contributed by atoms with Gasteiger partial charge in [0.15, 0.2) is 0 Å². The van der Waals surface area contributed by atoms with E-state index >= 15 is 0 Å². The van der Waals surface area contributed by atoms with Crippen LogP contribution in [0.15, 0.2) is 82.6 Å². The van der Waals surface area contributed by atoms with Gasteiger partial charge in [-0.25, -0.2) is 12.9 Å². The number of anilines is 1. The largest absolute Gasteiger partial charge is 0.264 e. The van der Waals surface area contributed by atoms with E-state index in [0.717, 1.165) is 21.1 Å². The zero-order valence-corrected chi connectivity index (χ0v) is 15.8. The highest BCUT2D eigenvalue weighted by atomic mass is 79.9. The molecule has 0 amide bonds. The Bertz CT molecular complexity index is 1180. The first-order chi connectivity index (χ1) is 12.5. The van der Waals surface area contributed by atoms with Crippen molar-refractivity contribution in [3.05, 3.63) is 77.7 Å². The summed E-state index contributed by atoms with van der Waals surface area (Å²) < 4.78 is 30.3. The van der Waals surface area contributed by atoms with Gasteiger partial charge in [0.1, 0.15) is 10.7 Å². The fraction of sp³-hybridized carbons (Fsp3) is 0. The number of pyridine rings is 2. The number of rotatable bonds is 4. The number of aromatic nitrogens is 3. The highest BCUT2D eigenvalue weighted by Gasteiger charge is 2.18. The predicted octanol–water partition coefficient (Wildman–Crippen LogP) is 3.96. The standard InChI is InChI=1S/C18H13BrN4O2S/c19-16-12-21-23-17(16)9-14(13-5-2-1-3-6-13)10-18(23)22-26(24,25)15-7-4-8-20-11-15/h1-12,22H. The zero-order valence-electron chi connectivity index (χ0n) is 13.4. The molecular weight excluding hydrogens is 416 g/mol. The van der Waals surface area contributed by atoms with Gasteiger partial charge in [-0.2, -0.15) is 5.10 Å². The first kappa shape index (κ1) is 16.7. The van der Waals surface area contributed by atoms with Crippen molar-refractivity contribution in [2.45, 2.75) is 4.90 Å². The molecule has 0 fully saturated rings. The Balaban J connectivity index is 1.87. The third-order valence-corrected chi connectivity index (χ3v) is 5.81. The van der Waals surface area contributed by atoms with Crippen molar-refractivity contribution in [2.24, 2.45) is 0 Å². The monoisotopic (exact) mass is 428 g/mol. The Morgan fingerprint density at radius 2 is 1.77 bits per heavy atom. The molecule has 4 aromatic rings. The molecule has 0 spiro atoms. The summed E-state index contributed by atoms with van der Waals surface area (Å²) in [4.78, 5) is 3.96. The van der Waals surface area contributed by atoms with E-state index in [2.05, 4.69) is 30.7 Å². The summed E-state index contributed by atoms with van der Waals surface area (Å²) in [5, 5.41) is 4.26. The van der Waals surface area contributed by atoms with Crippen molar-refractivity contribution in [1.29, 1.82) is 0 Å². The Labute approximate surface area is 158 Å². The van der Waals surface area contributed by atoms with Crippen LogP contribution in [0.25, 0.3) is 16.6 Å². The molecule has 0 unspecified atom stereocenters. The lowest BCUT2D eigenvalue weighted by molar-refractivity contribution is 0.600. The Morgan fingerprint density at radius 3 is 2.50 bits per heavy atom. The van der Waals surface area contributed by atoms with Gasteiger partial charge >= 0.3 is 0 Å². The summed E-state index contributed by atoms with van der Waals surface area (Å²) in [6.45, 7) is 0. The molecule has 8 heteroatoms. The van der Waals surface area contributed by atoms with Crippen LogP contribution in [0.1, 0.15) is 0 Å². The molecule has 0 aliphatic carbocycles. The fourth-order valence-corrected chi connectivity index (χ4v) is 4.00. The average Bonchev–Trinajstić information content (AvgIpc) is 3.04. The molecule has 0 radical (unpaired) electrons. The number of sulfonamides is 1. The first-order valence-corrected chi connectivity index (χ1v) is 9.98. The minimum Gasteiger partial charge on any atom is -0.263 e. The molecule has 1 N–H and O–H groups in total. The lowest BCUT2D eigenvalue weighted by atomic mass is 10.1. The molecule has 6 nitrogen and oxygen atoms in total. The number of hydrogen-bond acceptors (Lipinski definition) is 4. The second-order valence-electron chi connectivity index (χ2n) is 5.58. The van der Waals surface area contributed by atoms with Crippen LogP contribution in [0, 0.1) is 0 Å². The van der Waals surface area contributed by atoms with Crippen LogP contribution in [0.5, 0.6) is 0 Å². The van der Waals surface area contributed by atoms with Gasteiger partial charge < -0.3 is 0 Å². The smallest absolute Gasteiger partial charge is 0.263 e. The Morgan fingerprint density at radius 1 is 0.962 bits per heavy atom. The van der Waals surface area contributed by atoms with E-state index in [0.29, 0.717) is 5.82 Å². The molecule has 26 heavy (non-hydrogen) atoms. The second-order valence-corrected chi connectivity index (χ2v) is 8.12. The SMILES string of the molecule is O=S(=O)(Nc1cc(-c2ccccc2)cc2c(Br)cnn12)c1cccnc1. The third-order valence-electron chi connectivity index (χ3n) is 3.86. The van der Waals surface area contributed by atoms with Crippen LogP contribution in [-0.2, 0) is 10.0 Å². The van der Waals surface area contributed by atoms with Crippen LogP contribution >= 0.6 is 15.9 Å². The Hall–Kier alpha value is -2.71. The van der Waals surface area contributed by atoms with Gasteiger partial charge in [-0.1, -0.05) is 30.3 Å². The third kappa shape index (κ3) is 3.09. The molecule has 0 bridgehead atoms. The molecule has 3 aromatic heterocycles. The van der Waals surface area contributed by atoms with Crippen LogP contribution in [0.4, 0.5) is 5.82 Å². The molecule has 4 rings (SSSR count). The van der Waals surface area contributed by atoms with Gasteiger partial charge in [-0.05, 0) is 51.3 Å². The van der Waals surface area contributed by atoms with Gasteiger partial charge in [0, 0.05) is 12.4 Å². The maximum absolute atomic E-state index is 12.7. The molecule has 0 aliphatic heterocycles. The highest BCUT2D eigenvalue weighted by molar-refractivity contribution is 9.10. The highest BCUT2D eigenvalue weighted by Crippen LogP contribution is 2.29. The van der Waals surface area contributed by atoms with Crippen LogP contribution < -0.4 is 4.72 Å². The lowest BCUT2D eigenvalue weighted by Gasteiger charge is -2.12. The van der Waals surface area contributed by atoms with E-state index in [1.165, 1.54) is 18.5 Å². The molecule has 0 atom stereocenters. The van der Waals surface area contributed by atoms with Crippen molar-refractivity contribution in [1.82, 2.24) is 14.6 Å². The van der Waals surface area contributed by atoms with Gasteiger partial charge in [0.2, 0.25) is 0 Å². The van der Waals surface area contributed by atoms with E-state index < -0.39 is 10.0 Å². The number of nitrogens with one attached hydrogen (secondary N) is 1. The van der Waals surface area contributed by atoms with Gasteiger partial charge in [0.05, 0.1) is 16.2 Å². The van der Waals surface area contributed by atoms with Crippen molar-refractivity contribution < 1.29 is 8.42 Å². The minimum absolute atomic E-state index is 0.0875. The maximum atomic E-state index is 12.7. The van der Waals surface area contributed by atoms with Gasteiger partial charge in [-0.15, -0.1) is 0 Å². The Kier molecular flexibility index (Phi) is 4.21. The summed E-state index contributed by atoms with van der Waals surface area (Å²) in [6.07, 6.45) is 4.46. The summed E-state index contributed by atoms with van der Waals surface area (Å²) in [5.74, 6) is 0.343. The predicted molar refractivity (Wildman–Crippen MR) is 103 cm³/mol. The number of benzene rings is 1. The lowest BCUT2D eigenvalue weighted by Crippen LogP contribution is -2.15. The first-order valence-electron chi connectivity index (χ1n) is 7.70. The molecule has 0 saturated heterocycles. The average molecular weight is 429 g/mol. The second kappa shape index (κ2) is 6.54. The summed E-state index contributed by atoms with van der Waals surface area (Å²) in [7, 11) is -3.78. The summed E-state index contributed by atoms with van der Waals surface area (Å²) in [6, 6.07) is 16.5. The molecular formula is C18H13BrN4O2S. The van der Waals surface area contributed by atoms with E-state index in [4.69, 9.17) is 0 Å². The number of hydrogen-bond donors (Lipinski definition) is 1. The van der Waals surface area contributed by atoms with Crippen LogP contribution in [-0.4, -0.2) is 23.0 Å². The zero-order chi connectivity index (χ0) is 18.1. The summed E-state index contributed by atoms with van der Waals surface area (Å²) in [5.41, 5.74) is 2.61. The van der Waals surface area contributed by atoms with Crippen molar-refractivity contribution in [2.75, 3.05) is 4.72 Å². The molecule has 3 heterocycles. The summed E-state index contributed by atoms with van der Waals surface area (Å²) >= 11 is 3.46. The fourth-order valence-electron chi connectivity index (χ4n) is 2.63. The van der Waals surface area contributed by atoms with E-state index in [1.807, 2.05) is 36.4 Å². The van der Waals surface area contributed by atoms with E-state index in [9.17, 15) is 8.42 Å². The van der Waals surface area contributed by atoms with Crippen molar-refractivity contribution >= 4 is 37.3 Å². The minimum atomic E-state index is -3.78. The van der Waals surface area contributed by atoms with Crippen LogP contribution in [0.2, 0.25) is 0 Å². The molecule has 0 saturated carbocycles. The number of halogens is 1. The topological polar surface area (TPSA) is 76.4 Å². The van der Waals surface area contributed by atoms with Crippen molar-refractivity contribution in [3.8, 4) is 11.1 Å². The number of fused-ring (bicyclic) bond motifs is 1. The van der Waals surface area contributed by atoms with Gasteiger partial charge in [0.25, 0.3) is 10.0 Å². The van der Waals surface area contributed by atoms with Crippen LogP contribution in [0.3, 0.4) is 0 Å². The quantitative estimate of drug-likeness (QED) is 0.533. The number of nitrogens with zero attached hydrogens (tertiary/aromatic N) is 3. The maximum Gasteiger partial charge on any atom is 0.264 e. The molecule has 1 aromatic carbocycles. The van der Waals surface area contributed by atoms with E-state index in [1.54, 1.807) is 22.8 Å². The molecule has 0 aliphatic rings. The van der Waals surface area contributed by atoms with Gasteiger partial charge in [-0.3, -0.25) is 9.71 Å². The normalized spacial score (nSPS) is 11.6. The molecule has 130 valence electrons.